The Morgan fingerprint density at radius 2 is 2.28 bits per heavy atom. The van der Waals surface area contributed by atoms with Crippen molar-refractivity contribution in [3.63, 3.8) is 0 Å². The summed E-state index contributed by atoms with van der Waals surface area (Å²) in [4.78, 5) is 12.1. The number of nitrogens with two attached hydrogens (primary N) is 1. The molecule has 0 spiro atoms. The van der Waals surface area contributed by atoms with E-state index in [-0.39, 0.29) is 23.4 Å². The van der Waals surface area contributed by atoms with Crippen molar-refractivity contribution in [1.29, 1.82) is 0 Å². The van der Waals surface area contributed by atoms with E-state index in [1.165, 1.54) is 12.1 Å². The van der Waals surface area contributed by atoms with Gasteiger partial charge in [-0.25, -0.2) is 4.39 Å². The summed E-state index contributed by atoms with van der Waals surface area (Å²) < 4.78 is 13.6. The molecule has 1 aromatic carbocycles. The number of amides is 1. The SMILES string of the molecule is NC[C@H]1CCC[C@H]1C(=O)Nc1ccc(Cl)cc1F. The second kappa shape index (κ2) is 5.67. The van der Waals surface area contributed by atoms with E-state index in [1.54, 1.807) is 6.07 Å². The quantitative estimate of drug-likeness (QED) is 0.887. The number of hydrogen-bond donors (Lipinski definition) is 2. The van der Waals surface area contributed by atoms with E-state index in [9.17, 15) is 9.18 Å². The van der Waals surface area contributed by atoms with Crippen LogP contribution in [0.3, 0.4) is 0 Å². The Morgan fingerprint density at radius 3 is 2.94 bits per heavy atom. The Bertz CT molecular complexity index is 453. The standard InChI is InChI=1S/C13H16ClFN2O/c14-9-4-5-12(11(15)6-9)17-13(18)10-3-1-2-8(10)7-16/h4-6,8,10H,1-3,7,16H2,(H,17,18)/t8-,10-/m1/s1. The molecule has 0 radical (unpaired) electrons. The Hall–Kier alpha value is -1.13. The number of nitrogens with one attached hydrogen (secondary N) is 1. The Kier molecular flexibility index (Phi) is 4.19. The summed E-state index contributed by atoms with van der Waals surface area (Å²) >= 11 is 5.66. The van der Waals surface area contributed by atoms with Gasteiger partial charge in [-0.1, -0.05) is 18.0 Å². The molecular formula is C13H16ClFN2O. The van der Waals surface area contributed by atoms with E-state index in [0.717, 1.165) is 19.3 Å². The fraction of sp³-hybridized carbons (Fsp3) is 0.462. The van der Waals surface area contributed by atoms with Crippen molar-refractivity contribution in [1.82, 2.24) is 0 Å². The zero-order valence-corrected chi connectivity index (χ0v) is 10.7. The third-order valence-corrected chi connectivity index (χ3v) is 3.72. The number of anilines is 1. The monoisotopic (exact) mass is 270 g/mol. The van der Waals surface area contributed by atoms with Crippen LogP contribution in [0, 0.1) is 17.7 Å². The minimum Gasteiger partial charge on any atom is -0.330 e. The highest BCUT2D eigenvalue weighted by atomic mass is 35.5. The highest BCUT2D eigenvalue weighted by Gasteiger charge is 2.32. The van der Waals surface area contributed by atoms with E-state index in [0.29, 0.717) is 11.6 Å². The molecule has 1 saturated carbocycles. The molecule has 98 valence electrons. The van der Waals surface area contributed by atoms with Crippen LogP contribution in [0.15, 0.2) is 18.2 Å². The van der Waals surface area contributed by atoms with Gasteiger partial charge in [0.1, 0.15) is 5.82 Å². The molecule has 1 aliphatic carbocycles. The molecule has 3 N–H and O–H groups in total. The minimum absolute atomic E-state index is 0.106. The number of rotatable bonds is 3. The van der Waals surface area contributed by atoms with E-state index in [4.69, 9.17) is 17.3 Å². The zero-order chi connectivity index (χ0) is 13.1. The minimum atomic E-state index is -0.516. The van der Waals surface area contributed by atoms with Gasteiger partial charge in [0.05, 0.1) is 5.69 Å². The predicted octanol–water partition coefficient (Wildman–Crippen LogP) is 2.79. The smallest absolute Gasteiger partial charge is 0.227 e. The molecular weight excluding hydrogens is 255 g/mol. The first-order valence-electron chi connectivity index (χ1n) is 6.08. The molecule has 2 rings (SSSR count). The molecule has 18 heavy (non-hydrogen) atoms. The highest BCUT2D eigenvalue weighted by molar-refractivity contribution is 6.30. The predicted molar refractivity (Wildman–Crippen MR) is 69.9 cm³/mol. The molecule has 1 amide bonds. The van der Waals surface area contributed by atoms with Gasteiger partial charge in [0.25, 0.3) is 0 Å². The second-order valence-electron chi connectivity index (χ2n) is 4.65. The summed E-state index contributed by atoms with van der Waals surface area (Å²) in [6, 6.07) is 4.21. The van der Waals surface area contributed by atoms with Crippen LogP contribution in [0.2, 0.25) is 5.02 Å². The fourth-order valence-corrected chi connectivity index (χ4v) is 2.64. The Labute approximate surface area is 111 Å². The van der Waals surface area contributed by atoms with Crippen molar-refractivity contribution >= 4 is 23.2 Å². The third kappa shape index (κ3) is 2.82. The lowest BCUT2D eigenvalue weighted by atomic mass is 9.95. The summed E-state index contributed by atoms with van der Waals surface area (Å²) in [6.07, 6.45) is 2.80. The van der Waals surface area contributed by atoms with E-state index < -0.39 is 5.82 Å². The van der Waals surface area contributed by atoms with Crippen LogP contribution in [-0.2, 0) is 4.79 Å². The van der Waals surface area contributed by atoms with E-state index in [1.807, 2.05) is 0 Å². The van der Waals surface area contributed by atoms with Gasteiger partial charge in [0, 0.05) is 10.9 Å². The van der Waals surface area contributed by atoms with Crippen molar-refractivity contribution in [2.24, 2.45) is 17.6 Å². The summed E-state index contributed by atoms with van der Waals surface area (Å²) in [5.74, 6) is -0.562. The summed E-state index contributed by atoms with van der Waals surface area (Å²) in [7, 11) is 0. The molecule has 0 aliphatic heterocycles. The molecule has 0 saturated heterocycles. The van der Waals surface area contributed by atoms with Gasteiger partial charge < -0.3 is 11.1 Å². The van der Waals surface area contributed by atoms with Crippen LogP contribution >= 0.6 is 11.6 Å². The molecule has 3 nitrogen and oxygen atoms in total. The van der Waals surface area contributed by atoms with Gasteiger partial charge in [0.15, 0.2) is 0 Å². The molecule has 0 bridgehead atoms. The van der Waals surface area contributed by atoms with Crippen molar-refractivity contribution in [3.8, 4) is 0 Å². The molecule has 0 heterocycles. The van der Waals surface area contributed by atoms with Crippen LogP contribution < -0.4 is 11.1 Å². The van der Waals surface area contributed by atoms with Crippen LogP contribution in [-0.4, -0.2) is 12.5 Å². The van der Waals surface area contributed by atoms with E-state index >= 15 is 0 Å². The molecule has 0 unspecified atom stereocenters. The normalized spacial score (nSPS) is 23.1. The molecule has 1 aromatic rings. The lowest BCUT2D eigenvalue weighted by Crippen LogP contribution is -2.30. The number of carbonyl (C=O) groups is 1. The number of benzene rings is 1. The van der Waals surface area contributed by atoms with Crippen molar-refractivity contribution in [2.45, 2.75) is 19.3 Å². The van der Waals surface area contributed by atoms with Crippen LogP contribution in [0.5, 0.6) is 0 Å². The molecule has 1 aliphatic rings. The zero-order valence-electron chi connectivity index (χ0n) is 9.96. The average molecular weight is 271 g/mol. The average Bonchev–Trinajstić information content (AvgIpc) is 2.81. The van der Waals surface area contributed by atoms with Gasteiger partial charge in [-0.3, -0.25) is 4.79 Å². The lowest BCUT2D eigenvalue weighted by Gasteiger charge is -2.17. The van der Waals surface area contributed by atoms with Gasteiger partial charge in [0.2, 0.25) is 5.91 Å². The molecule has 1 fully saturated rings. The lowest BCUT2D eigenvalue weighted by molar-refractivity contribution is -0.120. The first-order valence-corrected chi connectivity index (χ1v) is 6.45. The van der Waals surface area contributed by atoms with Gasteiger partial charge in [-0.2, -0.15) is 0 Å². The number of hydrogen-bond acceptors (Lipinski definition) is 2. The third-order valence-electron chi connectivity index (χ3n) is 3.49. The Balaban J connectivity index is 2.07. The molecule has 0 aromatic heterocycles. The molecule has 2 atom stereocenters. The van der Waals surface area contributed by atoms with Crippen LogP contribution in [0.1, 0.15) is 19.3 Å². The van der Waals surface area contributed by atoms with Gasteiger partial charge >= 0.3 is 0 Å². The topological polar surface area (TPSA) is 55.1 Å². The first-order chi connectivity index (χ1) is 8.61. The largest absolute Gasteiger partial charge is 0.330 e. The van der Waals surface area contributed by atoms with Crippen LogP contribution in [0.4, 0.5) is 10.1 Å². The summed E-state index contributed by atoms with van der Waals surface area (Å²) in [6.45, 7) is 0.501. The van der Waals surface area contributed by atoms with Crippen molar-refractivity contribution < 1.29 is 9.18 Å². The maximum absolute atomic E-state index is 13.6. The number of carbonyl (C=O) groups excluding carboxylic acids is 1. The van der Waals surface area contributed by atoms with Crippen molar-refractivity contribution in [3.05, 3.63) is 29.0 Å². The van der Waals surface area contributed by atoms with Crippen LogP contribution in [0.25, 0.3) is 0 Å². The molecule has 5 heteroatoms. The second-order valence-corrected chi connectivity index (χ2v) is 5.08. The maximum Gasteiger partial charge on any atom is 0.227 e. The van der Waals surface area contributed by atoms with E-state index in [2.05, 4.69) is 5.32 Å². The highest BCUT2D eigenvalue weighted by Crippen LogP contribution is 2.32. The van der Waals surface area contributed by atoms with Gasteiger partial charge in [-0.05, 0) is 43.5 Å². The van der Waals surface area contributed by atoms with Crippen molar-refractivity contribution in [2.75, 3.05) is 11.9 Å². The number of halogens is 2. The first kappa shape index (κ1) is 13.3. The maximum atomic E-state index is 13.6. The van der Waals surface area contributed by atoms with Gasteiger partial charge in [-0.15, -0.1) is 0 Å². The fourth-order valence-electron chi connectivity index (χ4n) is 2.48. The summed E-state index contributed by atoms with van der Waals surface area (Å²) in [5.41, 5.74) is 5.81. The summed E-state index contributed by atoms with van der Waals surface area (Å²) in [5, 5.41) is 2.93. The Morgan fingerprint density at radius 1 is 1.50 bits per heavy atom.